The third-order valence-electron chi connectivity index (χ3n) is 5.77. The first-order chi connectivity index (χ1) is 14.1. The van der Waals surface area contributed by atoms with E-state index in [-0.39, 0.29) is 18.9 Å². The number of hydrogen-bond acceptors (Lipinski definition) is 4. The maximum Gasteiger partial charge on any atom is 0.250 e. The van der Waals surface area contributed by atoms with Crippen LogP contribution in [0.4, 0.5) is 8.78 Å². The number of benzene rings is 1. The number of nitrogens with zero attached hydrogens (tertiary/aromatic N) is 3. The summed E-state index contributed by atoms with van der Waals surface area (Å²) in [6, 6.07) is 9.77. The van der Waals surface area contributed by atoms with Gasteiger partial charge in [-0.1, -0.05) is 18.2 Å². The van der Waals surface area contributed by atoms with E-state index >= 15 is 0 Å². The predicted molar refractivity (Wildman–Crippen MR) is 105 cm³/mol. The van der Waals surface area contributed by atoms with E-state index in [4.69, 9.17) is 9.57 Å². The van der Waals surface area contributed by atoms with E-state index in [9.17, 15) is 13.6 Å². The number of piperidine rings is 1. The summed E-state index contributed by atoms with van der Waals surface area (Å²) < 4.78 is 34.0. The van der Waals surface area contributed by atoms with Crippen molar-refractivity contribution in [2.75, 3.05) is 46.0 Å². The lowest BCUT2D eigenvalue weighted by Crippen LogP contribution is -2.40. The average Bonchev–Trinajstić information content (AvgIpc) is 3.10. The van der Waals surface area contributed by atoms with Crippen LogP contribution in [0.15, 0.2) is 30.3 Å². The maximum absolute atomic E-state index is 13.3. The smallest absolute Gasteiger partial charge is 0.250 e. The summed E-state index contributed by atoms with van der Waals surface area (Å²) in [5, 5.41) is 1.04. The van der Waals surface area contributed by atoms with Gasteiger partial charge in [-0.15, -0.1) is 0 Å². The summed E-state index contributed by atoms with van der Waals surface area (Å²) in [6.07, 6.45) is 1.48. The molecular weight excluding hydrogens is 380 g/mol. The molecule has 4 rings (SSSR count). The molecule has 29 heavy (non-hydrogen) atoms. The molecule has 2 aliphatic heterocycles. The van der Waals surface area contributed by atoms with E-state index in [1.165, 1.54) is 0 Å². The molecule has 0 aliphatic carbocycles. The van der Waals surface area contributed by atoms with Crippen molar-refractivity contribution >= 4 is 17.3 Å². The van der Waals surface area contributed by atoms with Crippen LogP contribution in [-0.2, 0) is 9.53 Å². The molecule has 2 aliphatic rings. The van der Waals surface area contributed by atoms with E-state index in [0.717, 1.165) is 36.0 Å². The normalized spacial score (nSPS) is 22.7. The first kappa shape index (κ1) is 20.1. The summed E-state index contributed by atoms with van der Waals surface area (Å²) in [6.45, 7) is 3.57. The number of alkyl halides is 2. The lowest BCUT2D eigenvalue weighted by molar-refractivity contribution is -0.127. The quantitative estimate of drug-likeness (QED) is 0.523. The number of fused-ring (bicyclic) bond motifs is 1. The highest BCUT2D eigenvalue weighted by Crippen LogP contribution is 2.29. The van der Waals surface area contributed by atoms with Gasteiger partial charge in [0.2, 0.25) is 6.41 Å². The van der Waals surface area contributed by atoms with Gasteiger partial charge in [0.05, 0.1) is 30.5 Å². The molecular formula is C21H27F2N3O3. The Balaban J connectivity index is 1.43. The van der Waals surface area contributed by atoms with Crippen LogP contribution in [0.5, 0.6) is 0 Å². The highest BCUT2D eigenvalue weighted by atomic mass is 19.3. The zero-order valence-electron chi connectivity index (χ0n) is 16.4. The van der Waals surface area contributed by atoms with Crippen molar-refractivity contribution in [2.45, 2.75) is 31.2 Å². The minimum atomic E-state index is -2.52. The topological polar surface area (TPSA) is 46.9 Å². The Bertz CT molecular complexity index is 832. The number of amides is 1. The minimum Gasteiger partial charge on any atom is -0.413 e. The molecule has 2 saturated heterocycles. The second-order valence-electron chi connectivity index (χ2n) is 7.74. The van der Waals surface area contributed by atoms with Crippen LogP contribution >= 0.6 is 0 Å². The first-order valence-corrected chi connectivity index (χ1v) is 10.2. The van der Waals surface area contributed by atoms with Gasteiger partial charge in [-0.05, 0) is 18.6 Å². The number of halogens is 2. The number of likely N-dealkylation sites (tertiary alicyclic amines) is 1. The zero-order chi connectivity index (χ0) is 20.3. The fourth-order valence-corrected chi connectivity index (χ4v) is 4.07. The Kier molecular flexibility index (Phi) is 6.01. The SMILES string of the molecule is O=CN1CCOCC1c1cc2ccccc2n1OCCCN1CCC(F)(F)CC1. The van der Waals surface area contributed by atoms with E-state index in [2.05, 4.69) is 4.90 Å². The summed E-state index contributed by atoms with van der Waals surface area (Å²) in [5.41, 5.74) is 1.83. The summed E-state index contributed by atoms with van der Waals surface area (Å²) in [5.74, 6) is -2.52. The van der Waals surface area contributed by atoms with Gasteiger partial charge in [0.25, 0.3) is 5.92 Å². The summed E-state index contributed by atoms with van der Waals surface area (Å²) >= 11 is 0. The molecule has 0 radical (unpaired) electrons. The Morgan fingerprint density at radius 2 is 2.00 bits per heavy atom. The third kappa shape index (κ3) is 4.53. The number of morpholine rings is 1. The molecule has 1 aromatic carbocycles. The van der Waals surface area contributed by atoms with Crippen LogP contribution in [0.1, 0.15) is 31.0 Å². The minimum absolute atomic E-state index is 0.0660. The van der Waals surface area contributed by atoms with Crippen molar-refractivity contribution in [3.05, 3.63) is 36.0 Å². The molecule has 1 atom stereocenters. The zero-order valence-corrected chi connectivity index (χ0v) is 16.4. The number of carbonyl (C=O) groups is 1. The molecule has 8 heteroatoms. The Morgan fingerprint density at radius 3 is 2.79 bits per heavy atom. The average molecular weight is 407 g/mol. The standard InChI is InChI=1S/C21H27F2N3O3/c22-21(23)6-9-24(10-7-21)8-3-12-29-26-18-5-2-1-4-17(18)14-19(26)20-15-28-13-11-25(20)16-27/h1-2,4-5,14,16,20H,3,6-13,15H2. The molecule has 1 amide bonds. The molecule has 3 heterocycles. The number of aromatic nitrogens is 1. The number of ether oxygens (including phenoxy) is 1. The van der Waals surface area contributed by atoms with E-state index < -0.39 is 5.92 Å². The second-order valence-corrected chi connectivity index (χ2v) is 7.74. The monoisotopic (exact) mass is 407 g/mol. The molecule has 6 nitrogen and oxygen atoms in total. The van der Waals surface area contributed by atoms with Crippen molar-refractivity contribution in [3.63, 3.8) is 0 Å². The van der Waals surface area contributed by atoms with Gasteiger partial charge in [-0.25, -0.2) is 8.78 Å². The van der Waals surface area contributed by atoms with Crippen LogP contribution in [-0.4, -0.2) is 72.9 Å². The predicted octanol–water partition coefficient (Wildman–Crippen LogP) is 2.72. The van der Waals surface area contributed by atoms with Gasteiger partial charge >= 0.3 is 0 Å². The van der Waals surface area contributed by atoms with Crippen LogP contribution in [0.25, 0.3) is 10.9 Å². The Labute approximate surface area is 168 Å². The highest BCUT2D eigenvalue weighted by Gasteiger charge is 2.33. The molecule has 2 fully saturated rings. The van der Waals surface area contributed by atoms with Crippen LogP contribution in [0.3, 0.4) is 0 Å². The molecule has 0 bridgehead atoms. The molecule has 0 N–H and O–H groups in total. The number of carbonyl (C=O) groups excluding carboxylic acids is 1. The fourth-order valence-electron chi connectivity index (χ4n) is 4.07. The van der Waals surface area contributed by atoms with Gasteiger partial charge in [-0.3, -0.25) is 4.79 Å². The summed E-state index contributed by atoms with van der Waals surface area (Å²) in [4.78, 5) is 21.4. The van der Waals surface area contributed by atoms with Gasteiger partial charge < -0.3 is 19.4 Å². The largest absolute Gasteiger partial charge is 0.413 e. The molecule has 158 valence electrons. The summed E-state index contributed by atoms with van der Waals surface area (Å²) in [7, 11) is 0. The molecule has 2 aromatic rings. The van der Waals surface area contributed by atoms with Crippen molar-refractivity contribution in [3.8, 4) is 0 Å². The molecule has 1 unspecified atom stereocenters. The van der Waals surface area contributed by atoms with E-state index in [1.807, 2.05) is 30.3 Å². The lowest BCUT2D eigenvalue weighted by atomic mass is 10.1. The van der Waals surface area contributed by atoms with E-state index in [0.29, 0.717) is 39.5 Å². The Morgan fingerprint density at radius 1 is 1.21 bits per heavy atom. The number of hydrogen-bond donors (Lipinski definition) is 0. The Hall–Kier alpha value is -2.19. The number of para-hydroxylation sites is 1. The van der Waals surface area contributed by atoms with Crippen molar-refractivity contribution in [1.82, 2.24) is 14.5 Å². The highest BCUT2D eigenvalue weighted by molar-refractivity contribution is 5.81. The van der Waals surface area contributed by atoms with Gasteiger partial charge in [-0.2, -0.15) is 4.73 Å². The van der Waals surface area contributed by atoms with Gasteiger partial charge in [0.1, 0.15) is 6.61 Å². The lowest BCUT2D eigenvalue weighted by Gasteiger charge is -2.33. The first-order valence-electron chi connectivity index (χ1n) is 10.2. The molecule has 0 spiro atoms. The van der Waals surface area contributed by atoms with Gasteiger partial charge in [0.15, 0.2) is 0 Å². The molecule has 1 aromatic heterocycles. The van der Waals surface area contributed by atoms with Gasteiger partial charge in [0, 0.05) is 44.4 Å². The van der Waals surface area contributed by atoms with Crippen molar-refractivity contribution in [1.29, 1.82) is 0 Å². The maximum atomic E-state index is 13.3. The fraction of sp³-hybridized carbons (Fsp3) is 0.571. The van der Waals surface area contributed by atoms with Crippen molar-refractivity contribution < 1.29 is 23.1 Å². The van der Waals surface area contributed by atoms with Crippen LogP contribution in [0, 0.1) is 0 Å². The van der Waals surface area contributed by atoms with Crippen LogP contribution in [0.2, 0.25) is 0 Å². The van der Waals surface area contributed by atoms with Crippen molar-refractivity contribution in [2.24, 2.45) is 0 Å². The van der Waals surface area contributed by atoms with E-state index in [1.54, 1.807) is 9.63 Å². The molecule has 0 saturated carbocycles. The number of rotatable bonds is 7. The third-order valence-corrected chi connectivity index (χ3v) is 5.77. The second kappa shape index (κ2) is 8.67. The van der Waals surface area contributed by atoms with Crippen LogP contribution < -0.4 is 4.84 Å².